The van der Waals surface area contributed by atoms with Crippen LogP contribution in [-0.4, -0.2) is 106 Å². The van der Waals surface area contributed by atoms with Crippen LogP contribution in [0, 0.1) is 0 Å². The largest absolute Gasteiger partial charge is 1.00 e. The number of carboxylic acids is 2. The zero-order valence-electron chi connectivity index (χ0n) is 29.6. The van der Waals surface area contributed by atoms with Crippen LogP contribution < -0.4 is 56.2 Å². The molecule has 2 saturated heterocycles. The first-order valence-electron chi connectivity index (χ1n) is 16.4. The number of aromatic nitrogens is 3. The molecule has 18 nitrogen and oxygen atoms in total. The Balaban J connectivity index is 0.00000561. The molecule has 54 heavy (non-hydrogen) atoms. The van der Waals surface area contributed by atoms with E-state index in [1.807, 2.05) is 6.92 Å². The summed E-state index contributed by atoms with van der Waals surface area (Å²) in [5, 5.41) is 54.4. The maximum absolute atomic E-state index is 13.7. The number of fused-ring (bicyclic) bond motifs is 2. The first-order valence-corrected chi connectivity index (χ1v) is 18.6. The number of thiazole rings is 1. The Kier molecular flexibility index (Phi) is 12.0. The van der Waals surface area contributed by atoms with Gasteiger partial charge in [-0.1, -0.05) is 28.1 Å². The average molecular weight is 813 g/mol. The topological polar surface area (TPSA) is 266 Å². The molecular formula is C32H34ClN8NaO10S2. The van der Waals surface area contributed by atoms with Crippen LogP contribution in [0.2, 0.25) is 4.34 Å². The zero-order chi connectivity index (χ0) is 38.6. The third kappa shape index (κ3) is 7.64. The summed E-state index contributed by atoms with van der Waals surface area (Å²) >= 11 is 8.25. The number of nitrogens with zero attached hydrogens (tertiary/aromatic N) is 6. The fourth-order valence-electron chi connectivity index (χ4n) is 6.66. The van der Waals surface area contributed by atoms with Crippen molar-refractivity contribution in [3.8, 4) is 11.5 Å². The van der Waals surface area contributed by atoms with Gasteiger partial charge in [-0.25, -0.2) is 4.98 Å². The van der Waals surface area contributed by atoms with Crippen molar-refractivity contribution >= 4 is 80.2 Å². The van der Waals surface area contributed by atoms with Gasteiger partial charge in [0.15, 0.2) is 33.6 Å². The molecule has 2 atom stereocenters. The zero-order valence-corrected chi connectivity index (χ0v) is 34.0. The molecular weight excluding hydrogens is 779 g/mol. The van der Waals surface area contributed by atoms with Crippen LogP contribution in [0.1, 0.15) is 45.0 Å². The number of benzene rings is 1. The number of amides is 2. The minimum atomic E-state index is -1.97. The number of phenolic OH excluding ortho intramolecular Hbond substituents is 2. The number of aromatic hydroxyl groups is 2. The molecule has 22 heteroatoms. The second kappa shape index (κ2) is 15.7. The number of phenols is 2. The minimum absolute atomic E-state index is 0. The second-order valence-electron chi connectivity index (χ2n) is 13.4. The van der Waals surface area contributed by atoms with Crippen LogP contribution in [0.4, 0.5) is 5.13 Å². The van der Waals surface area contributed by atoms with Crippen molar-refractivity contribution in [2.24, 2.45) is 5.16 Å². The van der Waals surface area contributed by atoms with Crippen molar-refractivity contribution in [2.75, 3.05) is 31.1 Å². The number of nitrogens with one attached hydrogen (secondary N) is 1. The summed E-state index contributed by atoms with van der Waals surface area (Å²) in [6.07, 6.45) is 1.60. The maximum atomic E-state index is 13.7. The van der Waals surface area contributed by atoms with Crippen LogP contribution in [0.5, 0.6) is 11.5 Å². The number of carboxylic acid groups (broad SMARTS) is 2. The Hall–Kier alpha value is -3.92. The monoisotopic (exact) mass is 812 g/mol. The number of aryl methyl sites for hydroxylation is 1. The number of β-lactam (4-membered cyclic amide) rings is 1. The number of quaternary nitrogens is 1. The molecule has 0 radical (unpaired) electrons. The van der Waals surface area contributed by atoms with Crippen molar-refractivity contribution in [3.63, 3.8) is 0 Å². The van der Waals surface area contributed by atoms with Crippen LogP contribution in [-0.2, 0) is 37.1 Å². The van der Waals surface area contributed by atoms with E-state index < -0.39 is 57.7 Å². The Bertz CT molecular complexity index is 2190. The van der Waals surface area contributed by atoms with E-state index in [0.717, 1.165) is 42.9 Å². The standard InChI is InChI=1S/C32H35ClN8O10S2.Na/c1-4-39-17-10-19(43)18(42)9-15(17)24(44)16(37-39)12-41(7-5-6-8-41)11-14-13-52-28-22(27(46)40(28)23(14)29(47)48)35-26(45)21(20-25(33)53-31(34)36-20)38-51-32(2,3)30(49)50;/h9-10,22,28H,4-8,11-13H2,1-3H3,(H6-,34,35,36,37,38,42,43,44,45,47,48,49,50);/q;+1/p-1/t22-,28-;/m1./s1. The number of hydrogen-bond donors (Lipinski definition) is 4. The fourth-order valence-corrected chi connectivity index (χ4v) is 8.93. The van der Waals surface area contributed by atoms with Gasteiger partial charge in [0.05, 0.1) is 41.6 Å². The van der Waals surface area contributed by atoms with Crippen molar-refractivity contribution in [1.29, 1.82) is 0 Å². The van der Waals surface area contributed by atoms with Gasteiger partial charge in [-0.3, -0.25) is 24.0 Å². The van der Waals surface area contributed by atoms with Gasteiger partial charge in [-0.05, 0) is 26.8 Å². The van der Waals surface area contributed by atoms with E-state index in [9.17, 15) is 44.4 Å². The summed E-state index contributed by atoms with van der Waals surface area (Å²) in [6, 6.07) is 1.26. The first-order chi connectivity index (χ1) is 25.0. The summed E-state index contributed by atoms with van der Waals surface area (Å²) in [5.74, 6) is -5.65. The number of anilines is 1. The fraction of sp³-hybridized carbons (Fsp3) is 0.438. The SMILES string of the molecule is CCn1nc(C[N+]2(CC3=C(C(=O)[O-])N4C(=O)[C@@H](NC(=O)/C(=N\OC(C)(C)C(=O)[O-])c5nc(N)sc5Cl)[C@H]4SC3)CCCC2)c(=O)c2cc(O)c(O)cc21.[Na+]. The van der Waals surface area contributed by atoms with E-state index in [0.29, 0.717) is 30.7 Å². The van der Waals surface area contributed by atoms with Crippen LogP contribution >= 0.6 is 34.7 Å². The number of oxime groups is 1. The number of hydrogen-bond acceptors (Lipinski definition) is 16. The van der Waals surface area contributed by atoms with Crippen molar-refractivity contribution in [3.05, 3.63) is 49.4 Å². The second-order valence-corrected chi connectivity index (χ2v) is 16.1. The molecule has 2 fully saturated rings. The Morgan fingerprint density at radius 3 is 2.43 bits per heavy atom. The summed E-state index contributed by atoms with van der Waals surface area (Å²) < 4.78 is 1.78. The first kappa shape index (κ1) is 41.2. The molecule has 0 bridgehead atoms. The van der Waals surface area contributed by atoms with E-state index in [-0.39, 0.29) is 90.6 Å². The molecule has 0 spiro atoms. The number of likely N-dealkylation sites (tertiary alicyclic amines) is 1. The van der Waals surface area contributed by atoms with E-state index in [1.54, 1.807) is 4.68 Å². The van der Waals surface area contributed by atoms with Crippen LogP contribution in [0.15, 0.2) is 33.4 Å². The summed E-state index contributed by atoms with van der Waals surface area (Å²) in [7, 11) is 0. The van der Waals surface area contributed by atoms with Crippen molar-refractivity contribution < 1.29 is 78.5 Å². The molecule has 5 heterocycles. The molecule has 0 saturated carbocycles. The third-order valence-electron chi connectivity index (χ3n) is 9.37. The van der Waals surface area contributed by atoms with Crippen LogP contribution in [0.25, 0.3) is 10.9 Å². The average Bonchev–Trinajstić information content (AvgIpc) is 3.70. The van der Waals surface area contributed by atoms with Gasteiger partial charge >= 0.3 is 29.6 Å². The van der Waals surface area contributed by atoms with Gasteiger partial charge < -0.3 is 50.4 Å². The van der Waals surface area contributed by atoms with Gasteiger partial charge in [-0.2, -0.15) is 5.10 Å². The summed E-state index contributed by atoms with van der Waals surface area (Å²) in [4.78, 5) is 75.0. The number of nitrogens with two attached hydrogens (primary N) is 1. The van der Waals surface area contributed by atoms with Gasteiger partial charge in [0.25, 0.3) is 11.8 Å². The van der Waals surface area contributed by atoms with Gasteiger partial charge in [0, 0.05) is 36.8 Å². The normalized spacial score (nSPS) is 19.6. The smallest absolute Gasteiger partial charge is 0.546 e. The number of rotatable bonds is 12. The Morgan fingerprint density at radius 2 is 1.83 bits per heavy atom. The molecule has 2 amide bonds. The molecule has 6 rings (SSSR count). The van der Waals surface area contributed by atoms with Gasteiger partial charge in [0.1, 0.15) is 34.5 Å². The maximum Gasteiger partial charge on any atom is 1.00 e. The predicted molar refractivity (Wildman–Crippen MR) is 188 cm³/mol. The van der Waals surface area contributed by atoms with Crippen molar-refractivity contribution in [1.82, 2.24) is 25.0 Å². The molecule has 3 aromatic rings. The molecule has 0 aliphatic carbocycles. The third-order valence-corrected chi connectivity index (χ3v) is 11.8. The molecule has 3 aliphatic rings. The predicted octanol–water partition coefficient (Wildman–Crippen LogP) is -4.01. The van der Waals surface area contributed by atoms with E-state index >= 15 is 0 Å². The number of halogens is 1. The molecule has 1 aromatic carbocycles. The van der Waals surface area contributed by atoms with Crippen LogP contribution in [0.3, 0.4) is 0 Å². The van der Waals surface area contributed by atoms with Gasteiger partial charge in [-0.15, -0.1) is 11.8 Å². The number of carbonyl (C=O) groups excluding carboxylic acids is 4. The quantitative estimate of drug-likeness (QED) is 0.0339. The van der Waals surface area contributed by atoms with Gasteiger partial charge in [0.2, 0.25) is 5.43 Å². The summed E-state index contributed by atoms with van der Waals surface area (Å²) in [5.41, 5.74) is 3.20. The molecule has 5 N–H and O–H groups in total. The van der Waals surface area contributed by atoms with E-state index in [4.69, 9.17) is 22.2 Å². The van der Waals surface area contributed by atoms with Crippen molar-refractivity contribution in [2.45, 2.75) is 63.7 Å². The number of thioether (sulfide) groups is 1. The Morgan fingerprint density at radius 1 is 1.17 bits per heavy atom. The summed E-state index contributed by atoms with van der Waals surface area (Å²) in [6.45, 7) is 5.97. The van der Waals surface area contributed by atoms with E-state index in [2.05, 4.69) is 20.6 Å². The number of aliphatic carboxylic acids is 2. The molecule has 0 unspecified atom stereocenters. The Labute approximate surface area is 342 Å². The number of nitrogen functional groups attached to an aromatic ring is 1. The molecule has 282 valence electrons. The minimum Gasteiger partial charge on any atom is -0.546 e. The van der Waals surface area contributed by atoms with E-state index in [1.165, 1.54) is 23.9 Å². The molecule has 2 aromatic heterocycles. The number of carbonyl (C=O) groups is 4. The molecule has 3 aliphatic heterocycles.